The Morgan fingerprint density at radius 1 is 1.33 bits per heavy atom. The summed E-state index contributed by atoms with van der Waals surface area (Å²) in [6.45, 7) is 4.38. The number of nitrogens with two attached hydrogens (primary N) is 1. The van der Waals surface area contributed by atoms with E-state index in [4.69, 9.17) is 5.73 Å². The van der Waals surface area contributed by atoms with Crippen LogP contribution in [0.4, 0.5) is 0 Å². The lowest BCUT2D eigenvalue weighted by molar-refractivity contribution is 0.274. The highest BCUT2D eigenvalue weighted by Crippen LogP contribution is 2.41. The quantitative estimate of drug-likeness (QED) is 0.670. The van der Waals surface area contributed by atoms with Crippen LogP contribution in [0.3, 0.4) is 0 Å². The van der Waals surface area contributed by atoms with E-state index < -0.39 is 0 Å². The minimum Gasteiger partial charge on any atom is -0.321 e. The van der Waals surface area contributed by atoms with E-state index in [1.807, 2.05) is 0 Å². The van der Waals surface area contributed by atoms with Crippen molar-refractivity contribution >= 4 is 0 Å². The number of fused-ring (bicyclic) bond motifs is 1. The van der Waals surface area contributed by atoms with Gasteiger partial charge in [0.1, 0.15) is 0 Å². The molecule has 0 fully saturated rings. The smallest absolute Gasteiger partial charge is 0.0476 e. The fourth-order valence-corrected chi connectivity index (χ4v) is 1.95. The average Bonchev–Trinajstić information content (AvgIpc) is 2.02. The first-order chi connectivity index (χ1) is 5.64. The van der Waals surface area contributed by atoms with Gasteiger partial charge in [0.25, 0.3) is 0 Å². The van der Waals surface area contributed by atoms with Gasteiger partial charge in [0.2, 0.25) is 0 Å². The summed E-state index contributed by atoms with van der Waals surface area (Å²) in [6.07, 6.45) is 1.04. The van der Waals surface area contributed by atoms with Crippen molar-refractivity contribution in [1.82, 2.24) is 0 Å². The Kier molecular flexibility index (Phi) is 1.52. The first-order valence-electron chi connectivity index (χ1n) is 4.52. The van der Waals surface area contributed by atoms with Gasteiger partial charge < -0.3 is 5.73 Å². The molecule has 1 aromatic carbocycles. The summed E-state index contributed by atoms with van der Waals surface area (Å²) in [7, 11) is 0. The monoisotopic (exact) mass is 161 g/mol. The maximum absolute atomic E-state index is 6.26. The molecule has 0 bridgehead atoms. The normalized spacial score (nSPS) is 26.7. The SMILES string of the molecule is CC(C)C1(N)Cc2ccccc21. The van der Waals surface area contributed by atoms with E-state index in [-0.39, 0.29) is 5.54 Å². The van der Waals surface area contributed by atoms with E-state index in [0.717, 1.165) is 6.42 Å². The van der Waals surface area contributed by atoms with Crippen LogP contribution in [0.5, 0.6) is 0 Å². The molecular formula is C11H15N. The maximum Gasteiger partial charge on any atom is 0.0476 e. The highest BCUT2D eigenvalue weighted by molar-refractivity contribution is 5.44. The van der Waals surface area contributed by atoms with Crippen LogP contribution in [0.1, 0.15) is 25.0 Å². The van der Waals surface area contributed by atoms with Crippen LogP contribution in [0.2, 0.25) is 0 Å². The second-order valence-electron chi connectivity index (χ2n) is 4.03. The summed E-state index contributed by atoms with van der Waals surface area (Å²) in [5.74, 6) is 0.535. The molecule has 1 atom stereocenters. The zero-order valence-electron chi connectivity index (χ0n) is 7.67. The van der Waals surface area contributed by atoms with Crippen LogP contribution in [0, 0.1) is 5.92 Å². The summed E-state index contributed by atoms with van der Waals surface area (Å²) < 4.78 is 0. The van der Waals surface area contributed by atoms with E-state index in [9.17, 15) is 0 Å². The first-order valence-corrected chi connectivity index (χ1v) is 4.52. The Morgan fingerprint density at radius 2 is 2.00 bits per heavy atom. The van der Waals surface area contributed by atoms with E-state index in [1.165, 1.54) is 11.1 Å². The van der Waals surface area contributed by atoms with Crippen LogP contribution < -0.4 is 5.73 Å². The summed E-state index contributed by atoms with van der Waals surface area (Å²) in [4.78, 5) is 0. The Bertz CT molecular complexity index is 304. The topological polar surface area (TPSA) is 26.0 Å². The standard InChI is InChI=1S/C11H15N/c1-8(2)11(12)7-9-5-3-4-6-10(9)11/h3-6,8H,7,12H2,1-2H3. The molecule has 1 aromatic rings. The second kappa shape index (κ2) is 2.33. The van der Waals surface area contributed by atoms with Crippen molar-refractivity contribution < 1.29 is 0 Å². The van der Waals surface area contributed by atoms with E-state index in [2.05, 4.69) is 38.1 Å². The van der Waals surface area contributed by atoms with Crippen molar-refractivity contribution in [2.45, 2.75) is 25.8 Å². The summed E-state index contributed by atoms with van der Waals surface area (Å²) in [5, 5.41) is 0. The van der Waals surface area contributed by atoms with Crippen LogP contribution in [0.25, 0.3) is 0 Å². The molecule has 1 heteroatoms. The van der Waals surface area contributed by atoms with Crippen LogP contribution in [0.15, 0.2) is 24.3 Å². The van der Waals surface area contributed by atoms with Crippen LogP contribution in [-0.2, 0) is 12.0 Å². The molecule has 1 unspecified atom stereocenters. The molecule has 1 aliphatic carbocycles. The van der Waals surface area contributed by atoms with Gasteiger partial charge in [-0.2, -0.15) is 0 Å². The third-order valence-electron chi connectivity index (χ3n) is 3.03. The van der Waals surface area contributed by atoms with Gasteiger partial charge in [-0.15, -0.1) is 0 Å². The summed E-state index contributed by atoms with van der Waals surface area (Å²) >= 11 is 0. The summed E-state index contributed by atoms with van der Waals surface area (Å²) in [6, 6.07) is 8.47. The fraction of sp³-hybridized carbons (Fsp3) is 0.455. The predicted molar refractivity (Wildman–Crippen MR) is 50.8 cm³/mol. The number of rotatable bonds is 1. The molecule has 1 nitrogen and oxygen atoms in total. The molecule has 0 saturated heterocycles. The molecular weight excluding hydrogens is 146 g/mol. The highest BCUT2D eigenvalue weighted by Gasteiger charge is 2.40. The third kappa shape index (κ3) is 0.831. The van der Waals surface area contributed by atoms with Gasteiger partial charge >= 0.3 is 0 Å². The minimum atomic E-state index is -0.0450. The fourth-order valence-electron chi connectivity index (χ4n) is 1.95. The second-order valence-corrected chi connectivity index (χ2v) is 4.03. The Balaban J connectivity index is 2.41. The van der Waals surface area contributed by atoms with Crippen LogP contribution in [-0.4, -0.2) is 0 Å². The number of benzene rings is 1. The van der Waals surface area contributed by atoms with E-state index >= 15 is 0 Å². The zero-order chi connectivity index (χ0) is 8.77. The molecule has 12 heavy (non-hydrogen) atoms. The molecule has 64 valence electrons. The Labute approximate surface area is 73.6 Å². The van der Waals surface area contributed by atoms with Crippen molar-refractivity contribution in [1.29, 1.82) is 0 Å². The lowest BCUT2D eigenvalue weighted by atomic mass is 9.65. The van der Waals surface area contributed by atoms with Crippen molar-refractivity contribution in [3.63, 3.8) is 0 Å². The van der Waals surface area contributed by atoms with Gasteiger partial charge in [-0.05, 0) is 23.5 Å². The summed E-state index contributed by atoms with van der Waals surface area (Å²) in [5.41, 5.74) is 8.98. The molecule has 0 heterocycles. The lowest BCUT2D eigenvalue weighted by Crippen LogP contribution is -2.51. The first kappa shape index (κ1) is 7.81. The Morgan fingerprint density at radius 3 is 2.58 bits per heavy atom. The minimum absolute atomic E-state index is 0.0450. The predicted octanol–water partition coefficient (Wildman–Crippen LogP) is 2.05. The van der Waals surface area contributed by atoms with Gasteiger partial charge in [0.05, 0.1) is 0 Å². The van der Waals surface area contributed by atoms with Gasteiger partial charge in [0, 0.05) is 5.54 Å². The molecule has 0 amide bonds. The van der Waals surface area contributed by atoms with Crippen molar-refractivity contribution in [2.75, 3.05) is 0 Å². The van der Waals surface area contributed by atoms with E-state index in [0.29, 0.717) is 5.92 Å². The Hall–Kier alpha value is -0.820. The van der Waals surface area contributed by atoms with Gasteiger partial charge in [-0.25, -0.2) is 0 Å². The van der Waals surface area contributed by atoms with Gasteiger partial charge in [-0.1, -0.05) is 38.1 Å². The number of hydrogen-bond donors (Lipinski definition) is 1. The molecule has 0 radical (unpaired) electrons. The zero-order valence-corrected chi connectivity index (χ0v) is 7.67. The molecule has 2 N–H and O–H groups in total. The van der Waals surface area contributed by atoms with Crippen molar-refractivity contribution in [2.24, 2.45) is 11.7 Å². The van der Waals surface area contributed by atoms with Gasteiger partial charge in [0.15, 0.2) is 0 Å². The molecule has 0 aliphatic heterocycles. The highest BCUT2D eigenvalue weighted by atomic mass is 14.8. The molecule has 1 aliphatic rings. The molecule has 0 saturated carbocycles. The average molecular weight is 161 g/mol. The van der Waals surface area contributed by atoms with E-state index in [1.54, 1.807) is 0 Å². The van der Waals surface area contributed by atoms with Crippen molar-refractivity contribution in [3.8, 4) is 0 Å². The molecule has 0 spiro atoms. The maximum atomic E-state index is 6.26. The van der Waals surface area contributed by atoms with Crippen molar-refractivity contribution in [3.05, 3.63) is 35.4 Å². The number of hydrogen-bond acceptors (Lipinski definition) is 1. The molecule has 0 aromatic heterocycles. The molecule has 2 rings (SSSR count). The van der Waals surface area contributed by atoms with Gasteiger partial charge in [-0.3, -0.25) is 0 Å². The largest absolute Gasteiger partial charge is 0.321 e. The van der Waals surface area contributed by atoms with Crippen LogP contribution >= 0.6 is 0 Å². The third-order valence-corrected chi connectivity index (χ3v) is 3.03. The lowest BCUT2D eigenvalue weighted by Gasteiger charge is -2.44.